The number of hydrogen-bond donors (Lipinski definition) is 2. The van der Waals surface area contributed by atoms with E-state index in [0.29, 0.717) is 69.2 Å². The molecule has 4 aromatic carbocycles. The predicted molar refractivity (Wildman–Crippen MR) is 265 cm³/mol. The number of aromatic nitrogens is 1. The maximum Gasteiger partial charge on any atom is 0.417 e. The SMILES string of the molecule is Cc1ncoc1-c1ccc(CNC(=O)[C@@H]2CCCN2C(=O)C(NC(=O)COCCCCOc2ccc(-c3ccc(N4C(=S)N(c5ccc(C#N)c(C(F)(F)F)c5)C(=O)C4(C)C)cc3)cc2)C(C)(C)C)cc1. The highest BCUT2D eigenvalue weighted by Crippen LogP contribution is 2.40. The number of amides is 4. The molecule has 0 bridgehead atoms. The van der Waals surface area contributed by atoms with Gasteiger partial charge in [-0.3, -0.25) is 24.1 Å². The minimum absolute atomic E-state index is 0.00797. The quantitative estimate of drug-likeness (QED) is 0.0673. The van der Waals surface area contributed by atoms with E-state index in [2.05, 4.69) is 15.6 Å². The van der Waals surface area contributed by atoms with E-state index in [4.69, 9.17) is 26.1 Å². The summed E-state index contributed by atoms with van der Waals surface area (Å²) in [5, 5.41) is 15.1. The number of carbonyl (C=O) groups is 4. The number of halogens is 3. The molecule has 1 unspecified atom stereocenters. The third kappa shape index (κ3) is 11.8. The highest BCUT2D eigenvalue weighted by molar-refractivity contribution is 7.81. The molecule has 0 aliphatic carbocycles. The number of thiocarbonyl (C=S) groups is 1. The van der Waals surface area contributed by atoms with Crippen molar-refractivity contribution < 1.29 is 46.2 Å². The third-order valence-corrected chi connectivity index (χ3v) is 12.9. The van der Waals surface area contributed by atoms with Crippen molar-refractivity contribution in [2.75, 3.05) is 36.2 Å². The van der Waals surface area contributed by atoms with Gasteiger partial charge in [-0.1, -0.05) is 69.3 Å². The number of hydrogen-bond acceptors (Lipinski definition) is 10. The summed E-state index contributed by atoms with van der Waals surface area (Å²) in [7, 11) is 0. The van der Waals surface area contributed by atoms with Gasteiger partial charge in [-0.2, -0.15) is 18.4 Å². The largest absolute Gasteiger partial charge is 0.494 e. The summed E-state index contributed by atoms with van der Waals surface area (Å²) in [6.45, 7) is 12.0. The first kappa shape index (κ1) is 51.7. The van der Waals surface area contributed by atoms with E-state index in [9.17, 15) is 37.6 Å². The van der Waals surface area contributed by atoms with Gasteiger partial charge in [-0.05, 0) is 123 Å². The highest BCUT2D eigenvalue weighted by atomic mass is 32.1. The Bertz CT molecular complexity index is 2800. The van der Waals surface area contributed by atoms with Crippen molar-refractivity contribution in [3.05, 3.63) is 120 Å². The summed E-state index contributed by atoms with van der Waals surface area (Å²) in [5.74, 6) is -0.144. The Morgan fingerprint density at radius 2 is 1.56 bits per heavy atom. The Morgan fingerprint density at radius 1 is 0.930 bits per heavy atom. The van der Waals surface area contributed by atoms with Crippen LogP contribution < -0.4 is 25.2 Å². The highest BCUT2D eigenvalue weighted by Gasteiger charge is 2.51. The number of benzene rings is 4. The number of nitrogens with one attached hydrogen (secondary N) is 2. The number of unbranched alkanes of at least 4 members (excludes halogenated alkanes) is 1. The Labute approximate surface area is 416 Å². The van der Waals surface area contributed by atoms with Crippen molar-refractivity contribution in [2.24, 2.45) is 5.41 Å². The molecule has 0 radical (unpaired) electrons. The fraction of sp³-hybridized carbons (Fsp3) is 0.377. The van der Waals surface area contributed by atoms with E-state index in [1.807, 2.05) is 88.4 Å². The van der Waals surface area contributed by atoms with Gasteiger partial charge in [0.2, 0.25) is 17.7 Å². The van der Waals surface area contributed by atoms with E-state index in [1.54, 1.807) is 41.8 Å². The van der Waals surface area contributed by atoms with Gasteiger partial charge >= 0.3 is 6.18 Å². The molecule has 372 valence electrons. The van der Waals surface area contributed by atoms with Crippen molar-refractivity contribution in [1.29, 1.82) is 5.26 Å². The maximum atomic E-state index is 14.0. The second-order valence-electron chi connectivity index (χ2n) is 19.1. The molecule has 3 heterocycles. The minimum Gasteiger partial charge on any atom is -0.494 e. The zero-order valence-electron chi connectivity index (χ0n) is 40.4. The molecule has 1 aromatic heterocycles. The Morgan fingerprint density at radius 3 is 2.18 bits per heavy atom. The number of anilines is 2. The summed E-state index contributed by atoms with van der Waals surface area (Å²) < 4.78 is 58.4. The van der Waals surface area contributed by atoms with E-state index in [0.717, 1.165) is 45.0 Å². The molecule has 7 rings (SSSR count). The van der Waals surface area contributed by atoms with E-state index in [1.165, 1.54) is 12.5 Å². The standard InChI is InChI=1S/C53H56F3N7O7S/c1-33-45(70-32-59-33)37-13-11-34(12-14-37)30-58-47(65)43-10-9-25-61(43)48(66)46(51(2,3)4)60-44(64)31-68-26-7-8-27-69-41-23-18-36(19-24-41)35-15-20-39(21-16-35)63-50(71)62(49(67)52(63,5)6)40-22-17-38(29-57)42(28-40)53(54,55)56/h11-24,28,32,43,46H,7-10,25-27,30-31H2,1-6H3,(H,58,65)(H,60,64)/t43-,46?/m0/s1. The number of nitrogens with zero attached hydrogens (tertiary/aromatic N) is 5. The van der Waals surface area contributed by atoms with Crippen molar-refractivity contribution in [2.45, 2.75) is 97.6 Å². The second-order valence-corrected chi connectivity index (χ2v) is 19.4. The van der Waals surface area contributed by atoms with Gasteiger partial charge in [0.15, 0.2) is 17.3 Å². The van der Waals surface area contributed by atoms with Gasteiger partial charge in [0.05, 0.1) is 35.2 Å². The second kappa shape index (κ2) is 21.5. The van der Waals surface area contributed by atoms with Gasteiger partial charge in [-0.15, -0.1) is 0 Å². The molecule has 71 heavy (non-hydrogen) atoms. The van der Waals surface area contributed by atoms with Crippen LogP contribution in [0.3, 0.4) is 0 Å². The fourth-order valence-corrected chi connectivity index (χ4v) is 9.17. The summed E-state index contributed by atoms with van der Waals surface area (Å²) in [5.41, 5.74) is 1.26. The molecule has 2 N–H and O–H groups in total. The number of nitriles is 1. The van der Waals surface area contributed by atoms with Gasteiger partial charge in [0, 0.05) is 30.9 Å². The molecule has 2 aliphatic rings. The summed E-state index contributed by atoms with van der Waals surface area (Å²) in [6, 6.07) is 25.6. The number of oxazole rings is 1. The molecule has 2 aliphatic heterocycles. The van der Waals surface area contributed by atoms with Crippen LogP contribution in [0.4, 0.5) is 24.5 Å². The van der Waals surface area contributed by atoms with Crippen LogP contribution in [0, 0.1) is 23.7 Å². The predicted octanol–water partition coefficient (Wildman–Crippen LogP) is 9.14. The molecule has 4 amide bonds. The van der Waals surface area contributed by atoms with E-state index >= 15 is 0 Å². The van der Waals surface area contributed by atoms with Crippen molar-refractivity contribution in [3.63, 3.8) is 0 Å². The lowest BCUT2D eigenvalue weighted by Gasteiger charge is -2.35. The van der Waals surface area contributed by atoms with Crippen LogP contribution in [-0.2, 0) is 36.6 Å². The van der Waals surface area contributed by atoms with Crippen molar-refractivity contribution in [3.8, 4) is 34.3 Å². The lowest BCUT2D eigenvalue weighted by atomic mass is 9.85. The lowest BCUT2D eigenvalue weighted by Crippen LogP contribution is -2.58. The molecule has 18 heteroatoms. The smallest absolute Gasteiger partial charge is 0.417 e. The van der Waals surface area contributed by atoms with Crippen LogP contribution >= 0.6 is 12.2 Å². The Hall–Kier alpha value is -7.10. The third-order valence-electron chi connectivity index (χ3n) is 12.5. The van der Waals surface area contributed by atoms with Crippen molar-refractivity contribution in [1.82, 2.24) is 20.5 Å². The maximum absolute atomic E-state index is 14.0. The van der Waals surface area contributed by atoms with Crippen LogP contribution in [0.25, 0.3) is 22.5 Å². The number of likely N-dealkylation sites (tertiary alicyclic amines) is 1. The van der Waals surface area contributed by atoms with Crippen molar-refractivity contribution >= 4 is 52.3 Å². The Kier molecular flexibility index (Phi) is 15.7. The van der Waals surface area contributed by atoms with Crippen LogP contribution in [0.1, 0.15) is 82.7 Å². The zero-order valence-corrected chi connectivity index (χ0v) is 41.2. The van der Waals surface area contributed by atoms with Crippen LogP contribution in [-0.4, -0.2) is 82.6 Å². The number of rotatable bonds is 17. The molecular formula is C53H56F3N7O7S. The molecular weight excluding hydrogens is 936 g/mol. The lowest BCUT2D eigenvalue weighted by molar-refractivity contribution is -0.144. The number of carbonyl (C=O) groups excluding carboxylic acids is 4. The van der Waals surface area contributed by atoms with Crippen LogP contribution in [0.2, 0.25) is 0 Å². The topological polar surface area (TPSA) is 170 Å². The van der Waals surface area contributed by atoms with Crippen LogP contribution in [0.15, 0.2) is 102 Å². The zero-order chi connectivity index (χ0) is 51.3. The minimum atomic E-state index is -4.80. The van der Waals surface area contributed by atoms with Gasteiger partial charge in [0.1, 0.15) is 30.0 Å². The van der Waals surface area contributed by atoms with Crippen LogP contribution in [0.5, 0.6) is 5.75 Å². The van der Waals surface area contributed by atoms with E-state index < -0.39 is 52.2 Å². The average molecular weight is 992 g/mol. The van der Waals surface area contributed by atoms with Gasteiger partial charge in [-0.25, -0.2) is 4.98 Å². The van der Waals surface area contributed by atoms with E-state index in [-0.39, 0.29) is 29.2 Å². The first-order chi connectivity index (χ1) is 33.7. The fourth-order valence-electron chi connectivity index (χ4n) is 8.65. The molecule has 5 aromatic rings. The summed E-state index contributed by atoms with van der Waals surface area (Å²) >= 11 is 5.67. The molecule has 14 nitrogen and oxygen atoms in total. The number of alkyl halides is 3. The monoisotopic (exact) mass is 991 g/mol. The Balaban J connectivity index is 0.833. The average Bonchev–Trinajstić information content (AvgIpc) is 4.05. The van der Waals surface area contributed by atoms with Gasteiger partial charge < -0.3 is 34.3 Å². The summed E-state index contributed by atoms with van der Waals surface area (Å²) in [6.07, 6.45) is -0.926. The normalized spacial score (nSPS) is 16.2. The number of ether oxygens (including phenoxy) is 2. The molecule has 2 atom stereocenters. The first-order valence-corrected chi connectivity index (χ1v) is 23.7. The number of aryl methyl sites for hydroxylation is 1. The first-order valence-electron chi connectivity index (χ1n) is 23.3. The molecule has 2 saturated heterocycles. The summed E-state index contributed by atoms with van der Waals surface area (Å²) in [4.78, 5) is 62.4. The molecule has 2 fully saturated rings. The van der Waals surface area contributed by atoms with Gasteiger partial charge in [0.25, 0.3) is 5.91 Å². The molecule has 0 saturated carbocycles. The molecule has 0 spiro atoms.